The first-order valence-electron chi connectivity index (χ1n) is 10.7. The van der Waals surface area contributed by atoms with Crippen molar-refractivity contribution < 1.29 is 17.7 Å². The van der Waals surface area contributed by atoms with Crippen molar-refractivity contribution in [3.8, 4) is 11.4 Å². The second-order valence-electron chi connectivity index (χ2n) is 8.24. The van der Waals surface area contributed by atoms with Crippen LogP contribution in [0.15, 0.2) is 33.7 Å². The van der Waals surface area contributed by atoms with Crippen molar-refractivity contribution in [1.82, 2.24) is 19.3 Å². The number of sulfonamides is 1. The molecule has 1 aromatic heterocycles. The molecule has 1 amide bonds. The summed E-state index contributed by atoms with van der Waals surface area (Å²) in [6.07, 6.45) is 5.99. The number of carbonyl (C=O) groups is 1. The minimum atomic E-state index is -3.50. The fourth-order valence-electron chi connectivity index (χ4n) is 3.99. The molecule has 3 heterocycles. The van der Waals surface area contributed by atoms with Crippen LogP contribution in [-0.4, -0.2) is 59.8 Å². The molecule has 8 nitrogen and oxygen atoms in total. The Morgan fingerprint density at radius 3 is 2.27 bits per heavy atom. The van der Waals surface area contributed by atoms with Crippen LogP contribution in [0.3, 0.4) is 0 Å². The van der Waals surface area contributed by atoms with Crippen LogP contribution in [0, 0.1) is 5.92 Å². The lowest BCUT2D eigenvalue weighted by Crippen LogP contribution is -2.37. The first-order chi connectivity index (χ1) is 14.4. The van der Waals surface area contributed by atoms with Crippen molar-refractivity contribution in [3.05, 3.63) is 30.2 Å². The van der Waals surface area contributed by atoms with E-state index in [0.29, 0.717) is 37.7 Å². The van der Waals surface area contributed by atoms with Gasteiger partial charge in [0.1, 0.15) is 0 Å². The zero-order valence-electron chi connectivity index (χ0n) is 17.3. The van der Waals surface area contributed by atoms with Gasteiger partial charge in [0, 0.05) is 31.7 Å². The Morgan fingerprint density at radius 1 is 1.00 bits per heavy atom. The summed E-state index contributed by atoms with van der Waals surface area (Å²) in [6.45, 7) is 4.67. The molecule has 0 radical (unpaired) electrons. The lowest BCUT2D eigenvalue weighted by molar-refractivity contribution is 0.0711. The number of likely N-dealkylation sites (tertiary alicyclic amines) is 1. The molecule has 0 aliphatic carbocycles. The standard InChI is InChI=1S/C21H28N4O4S/c1-16-10-14-25(15-11-16)30(27,28)18-8-6-17(7-9-18)19-22-20(29-23-19)21(26)24-12-4-2-3-5-13-24/h6-9,16H,2-5,10-15H2,1H3. The van der Waals surface area contributed by atoms with E-state index in [1.54, 1.807) is 33.5 Å². The zero-order valence-corrected chi connectivity index (χ0v) is 18.1. The van der Waals surface area contributed by atoms with Crippen molar-refractivity contribution in [2.45, 2.75) is 50.3 Å². The largest absolute Gasteiger partial charge is 0.334 e. The molecule has 0 unspecified atom stereocenters. The number of rotatable bonds is 4. The molecule has 2 saturated heterocycles. The normalized spacial score (nSPS) is 19.6. The van der Waals surface area contributed by atoms with E-state index in [2.05, 4.69) is 17.1 Å². The first-order valence-corrected chi connectivity index (χ1v) is 12.1. The minimum Gasteiger partial charge on any atom is -0.334 e. The predicted octanol–water partition coefficient (Wildman–Crippen LogP) is 3.17. The van der Waals surface area contributed by atoms with Crippen LogP contribution >= 0.6 is 0 Å². The van der Waals surface area contributed by atoms with E-state index >= 15 is 0 Å². The summed E-state index contributed by atoms with van der Waals surface area (Å²) < 4.78 is 32.5. The summed E-state index contributed by atoms with van der Waals surface area (Å²) >= 11 is 0. The third-order valence-corrected chi connectivity index (χ3v) is 7.91. The van der Waals surface area contributed by atoms with E-state index in [-0.39, 0.29) is 22.5 Å². The van der Waals surface area contributed by atoms with Gasteiger partial charge in [-0.05, 0) is 55.9 Å². The number of aromatic nitrogens is 2. The molecule has 9 heteroatoms. The smallest absolute Gasteiger partial charge is 0.316 e. The van der Waals surface area contributed by atoms with E-state index in [1.165, 1.54) is 0 Å². The number of hydrogen-bond acceptors (Lipinski definition) is 6. The van der Waals surface area contributed by atoms with Crippen LogP contribution in [-0.2, 0) is 10.0 Å². The first kappa shape index (κ1) is 21.0. The Morgan fingerprint density at radius 2 is 1.63 bits per heavy atom. The second kappa shape index (κ2) is 8.85. The monoisotopic (exact) mass is 432 g/mol. The Kier molecular flexibility index (Phi) is 6.19. The molecule has 2 aromatic rings. The minimum absolute atomic E-state index is 0.0222. The quantitative estimate of drug-likeness (QED) is 0.736. The van der Waals surface area contributed by atoms with Gasteiger partial charge >= 0.3 is 11.8 Å². The maximum Gasteiger partial charge on any atom is 0.316 e. The van der Waals surface area contributed by atoms with Crippen LogP contribution in [0.4, 0.5) is 0 Å². The molecule has 4 rings (SSSR count). The third-order valence-electron chi connectivity index (χ3n) is 6.00. The maximum absolute atomic E-state index is 12.9. The molecule has 162 valence electrons. The van der Waals surface area contributed by atoms with E-state index in [9.17, 15) is 13.2 Å². The van der Waals surface area contributed by atoms with Crippen molar-refractivity contribution >= 4 is 15.9 Å². The van der Waals surface area contributed by atoms with Gasteiger partial charge in [0.2, 0.25) is 15.8 Å². The van der Waals surface area contributed by atoms with Gasteiger partial charge in [-0.1, -0.05) is 24.9 Å². The van der Waals surface area contributed by atoms with Gasteiger partial charge < -0.3 is 9.42 Å². The number of piperidine rings is 1. The highest BCUT2D eigenvalue weighted by Gasteiger charge is 2.28. The Balaban J connectivity index is 1.47. The van der Waals surface area contributed by atoms with Crippen LogP contribution in [0.25, 0.3) is 11.4 Å². The van der Waals surface area contributed by atoms with Crippen LogP contribution < -0.4 is 0 Å². The van der Waals surface area contributed by atoms with Crippen molar-refractivity contribution in [2.75, 3.05) is 26.2 Å². The van der Waals surface area contributed by atoms with Gasteiger partial charge in [0.05, 0.1) is 4.90 Å². The zero-order chi connectivity index (χ0) is 21.1. The van der Waals surface area contributed by atoms with Gasteiger partial charge in [-0.3, -0.25) is 4.79 Å². The maximum atomic E-state index is 12.9. The molecule has 2 aliphatic heterocycles. The lowest BCUT2D eigenvalue weighted by Gasteiger charge is -2.29. The summed E-state index contributed by atoms with van der Waals surface area (Å²) in [5, 5.41) is 3.92. The molecule has 0 saturated carbocycles. The fourth-order valence-corrected chi connectivity index (χ4v) is 5.46. The number of carbonyl (C=O) groups excluding carboxylic acids is 1. The highest BCUT2D eigenvalue weighted by Crippen LogP contribution is 2.25. The Bertz CT molecular complexity index is 971. The van der Waals surface area contributed by atoms with Gasteiger partial charge in [-0.2, -0.15) is 9.29 Å². The molecule has 1 aromatic carbocycles. The molecule has 0 atom stereocenters. The van der Waals surface area contributed by atoms with Crippen LogP contribution in [0.2, 0.25) is 0 Å². The van der Waals surface area contributed by atoms with Crippen molar-refractivity contribution in [3.63, 3.8) is 0 Å². The summed E-state index contributed by atoms with van der Waals surface area (Å²) in [7, 11) is -3.50. The third kappa shape index (κ3) is 4.41. The van der Waals surface area contributed by atoms with Gasteiger partial charge in [-0.15, -0.1) is 0 Å². The Labute approximate surface area is 177 Å². The summed E-state index contributed by atoms with van der Waals surface area (Å²) in [5.41, 5.74) is 0.611. The molecule has 0 N–H and O–H groups in total. The SMILES string of the molecule is CC1CCN(S(=O)(=O)c2ccc(-c3noc(C(=O)N4CCCCCC4)n3)cc2)CC1. The summed E-state index contributed by atoms with van der Waals surface area (Å²) in [5.74, 6) is 0.576. The Hall–Kier alpha value is -2.26. The van der Waals surface area contributed by atoms with Gasteiger partial charge in [-0.25, -0.2) is 8.42 Å². The number of benzene rings is 1. The number of amides is 1. The topological polar surface area (TPSA) is 96.6 Å². The molecule has 0 spiro atoms. The average Bonchev–Trinajstić information content (AvgIpc) is 3.09. The lowest BCUT2D eigenvalue weighted by atomic mass is 10.0. The van der Waals surface area contributed by atoms with Crippen molar-refractivity contribution in [1.29, 1.82) is 0 Å². The predicted molar refractivity (Wildman–Crippen MR) is 111 cm³/mol. The van der Waals surface area contributed by atoms with Gasteiger partial charge in [0.25, 0.3) is 0 Å². The van der Waals surface area contributed by atoms with Gasteiger partial charge in [0.15, 0.2) is 0 Å². The highest BCUT2D eigenvalue weighted by molar-refractivity contribution is 7.89. The molecule has 30 heavy (non-hydrogen) atoms. The number of hydrogen-bond donors (Lipinski definition) is 0. The molecule has 2 fully saturated rings. The summed E-state index contributed by atoms with van der Waals surface area (Å²) in [4.78, 5) is 18.9. The highest BCUT2D eigenvalue weighted by atomic mass is 32.2. The van der Waals surface area contributed by atoms with E-state index in [0.717, 1.165) is 38.5 Å². The van der Waals surface area contributed by atoms with Crippen LogP contribution in [0.1, 0.15) is 56.1 Å². The molecule has 0 bridgehead atoms. The molecule has 2 aliphatic rings. The number of nitrogens with zero attached hydrogens (tertiary/aromatic N) is 4. The second-order valence-corrected chi connectivity index (χ2v) is 10.2. The van der Waals surface area contributed by atoms with E-state index < -0.39 is 10.0 Å². The van der Waals surface area contributed by atoms with E-state index in [1.807, 2.05) is 0 Å². The average molecular weight is 433 g/mol. The summed E-state index contributed by atoms with van der Waals surface area (Å²) in [6, 6.07) is 6.44. The molecular weight excluding hydrogens is 404 g/mol. The molecular formula is C21H28N4O4S. The van der Waals surface area contributed by atoms with Crippen LogP contribution in [0.5, 0.6) is 0 Å². The fraction of sp³-hybridized carbons (Fsp3) is 0.571. The van der Waals surface area contributed by atoms with E-state index in [4.69, 9.17) is 4.52 Å². The van der Waals surface area contributed by atoms with Crippen molar-refractivity contribution in [2.24, 2.45) is 5.92 Å².